The second-order valence-electron chi connectivity index (χ2n) is 8.78. The minimum absolute atomic E-state index is 0.0774. The lowest BCUT2D eigenvalue weighted by Crippen LogP contribution is -2.62. The maximum atomic E-state index is 13.7. The third kappa shape index (κ3) is 4.00. The quantitative estimate of drug-likeness (QED) is 0.328. The number of esters is 2. The lowest BCUT2D eigenvalue weighted by molar-refractivity contribution is -0.201. The molecule has 4 bridgehead atoms. The molecule has 1 saturated heterocycles. The van der Waals surface area contributed by atoms with E-state index in [0.717, 1.165) is 12.8 Å². The minimum atomic E-state index is -5.98. The van der Waals surface area contributed by atoms with Crippen LogP contribution in [0.2, 0.25) is 0 Å². The van der Waals surface area contributed by atoms with Gasteiger partial charge in [-0.15, -0.1) is 23.5 Å². The zero-order chi connectivity index (χ0) is 23.7. The number of hydrogen-bond donors (Lipinski definition) is 1. The SMILES string of the molecule is O=C(OCC1CSC2(S1)C1CC3CC2CC(OC(=O)C(F)(F)S(=O)(=O)O)(C3)C1)C(F)(F)F. The Hall–Kier alpha value is -0.800. The van der Waals surface area contributed by atoms with Gasteiger partial charge in [-0.1, -0.05) is 0 Å². The van der Waals surface area contributed by atoms with Crippen LogP contribution in [0.1, 0.15) is 32.1 Å². The van der Waals surface area contributed by atoms with E-state index in [1.807, 2.05) is 0 Å². The summed E-state index contributed by atoms with van der Waals surface area (Å²) >= 11 is 2.96. The van der Waals surface area contributed by atoms with E-state index in [4.69, 9.17) is 9.29 Å². The van der Waals surface area contributed by atoms with E-state index in [0.29, 0.717) is 12.2 Å². The van der Waals surface area contributed by atoms with Crippen LogP contribution < -0.4 is 0 Å². The zero-order valence-electron chi connectivity index (χ0n) is 16.3. The first-order valence-electron chi connectivity index (χ1n) is 9.72. The molecule has 3 unspecified atom stereocenters. The number of alkyl halides is 5. The number of carbonyl (C=O) groups is 2. The van der Waals surface area contributed by atoms with Gasteiger partial charge in [0.2, 0.25) is 0 Å². The van der Waals surface area contributed by atoms with E-state index in [1.54, 1.807) is 11.8 Å². The summed E-state index contributed by atoms with van der Waals surface area (Å²) in [6.07, 6.45) is -2.90. The molecule has 0 aromatic carbocycles. The first-order valence-corrected chi connectivity index (χ1v) is 13.0. The Balaban J connectivity index is 1.45. The second-order valence-corrected chi connectivity index (χ2v) is 13.4. The van der Waals surface area contributed by atoms with E-state index in [-0.39, 0.29) is 35.8 Å². The van der Waals surface area contributed by atoms with Crippen molar-refractivity contribution in [2.45, 2.75) is 58.5 Å². The molecule has 7 nitrogen and oxygen atoms in total. The third-order valence-corrected chi connectivity index (χ3v) is 11.6. The largest absolute Gasteiger partial charge is 0.490 e. The molecule has 32 heavy (non-hydrogen) atoms. The number of hydrogen-bond acceptors (Lipinski definition) is 8. The van der Waals surface area contributed by atoms with Crippen molar-refractivity contribution in [3.63, 3.8) is 0 Å². The van der Waals surface area contributed by atoms with Gasteiger partial charge in [0.25, 0.3) is 0 Å². The number of carbonyl (C=O) groups excluding carboxylic acids is 2. The van der Waals surface area contributed by atoms with Crippen LogP contribution >= 0.6 is 23.5 Å². The van der Waals surface area contributed by atoms with Crippen LogP contribution in [0.5, 0.6) is 0 Å². The Morgan fingerprint density at radius 1 is 1.03 bits per heavy atom. The van der Waals surface area contributed by atoms with Crippen LogP contribution in [0, 0.1) is 17.8 Å². The number of ether oxygens (including phenoxy) is 2. The van der Waals surface area contributed by atoms with Crippen LogP contribution in [-0.2, 0) is 29.2 Å². The molecule has 5 aliphatic rings. The molecule has 1 aliphatic heterocycles. The van der Waals surface area contributed by atoms with Gasteiger partial charge in [0, 0.05) is 11.0 Å². The van der Waals surface area contributed by atoms with Gasteiger partial charge < -0.3 is 9.47 Å². The average Bonchev–Trinajstić information content (AvgIpc) is 3.07. The predicted molar refractivity (Wildman–Crippen MR) is 102 cm³/mol. The van der Waals surface area contributed by atoms with E-state index in [9.17, 15) is 40.0 Å². The van der Waals surface area contributed by atoms with Crippen LogP contribution in [0.3, 0.4) is 0 Å². The molecule has 5 fully saturated rings. The third-order valence-electron chi connectivity index (χ3n) is 6.62. The summed E-state index contributed by atoms with van der Waals surface area (Å²) in [5.74, 6) is -4.23. The van der Waals surface area contributed by atoms with Crippen molar-refractivity contribution >= 4 is 45.6 Å². The maximum Gasteiger partial charge on any atom is 0.490 e. The smallest absolute Gasteiger partial charge is 0.458 e. The van der Waals surface area contributed by atoms with Gasteiger partial charge in [0.1, 0.15) is 12.2 Å². The molecule has 182 valence electrons. The Morgan fingerprint density at radius 2 is 1.62 bits per heavy atom. The standard InChI is InChI=1S/C17H19F5O7S3/c18-16(19,20)12(23)28-6-11-7-30-15(31-11)9-1-8-2-10(15)5-14(3-8,4-9)29-13(24)17(21,22)32(25,26)27/h8-11H,1-7H2,(H,25,26,27). The summed E-state index contributed by atoms with van der Waals surface area (Å²) in [4.78, 5) is 22.9. The van der Waals surface area contributed by atoms with E-state index in [1.165, 1.54) is 11.8 Å². The lowest BCUT2D eigenvalue weighted by atomic mass is 9.53. The average molecular weight is 527 g/mol. The fourth-order valence-electron chi connectivity index (χ4n) is 5.65. The highest BCUT2D eigenvalue weighted by molar-refractivity contribution is 8.21. The Kier molecular flexibility index (Phi) is 5.78. The summed E-state index contributed by atoms with van der Waals surface area (Å²) in [5.41, 5.74) is -1.27. The van der Waals surface area contributed by atoms with Gasteiger partial charge in [-0.2, -0.15) is 30.4 Å². The minimum Gasteiger partial charge on any atom is -0.458 e. The summed E-state index contributed by atoms with van der Waals surface area (Å²) in [7, 11) is -5.98. The molecule has 1 heterocycles. The topological polar surface area (TPSA) is 107 Å². The summed E-state index contributed by atoms with van der Waals surface area (Å²) in [5, 5.41) is -5.44. The molecular weight excluding hydrogens is 507 g/mol. The van der Waals surface area contributed by atoms with Crippen molar-refractivity contribution in [2.24, 2.45) is 17.8 Å². The van der Waals surface area contributed by atoms with E-state index >= 15 is 0 Å². The summed E-state index contributed by atoms with van der Waals surface area (Å²) < 4.78 is 104. The lowest BCUT2D eigenvalue weighted by Gasteiger charge is -2.63. The summed E-state index contributed by atoms with van der Waals surface area (Å²) in [6.45, 7) is -0.401. The highest BCUT2D eigenvalue weighted by atomic mass is 32.2. The molecule has 1 N–H and O–H groups in total. The van der Waals surface area contributed by atoms with Gasteiger partial charge in [0.15, 0.2) is 0 Å². The van der Waals surface area contributed by atoms with E-state index in [2.05, 4.69) is 4.74 Å². The van der Waals surface area contributed by atoms with Gasteiger partial charge >= 0.3 is 33.5 Å². The molecule has 3 atom stereocenters. The van der Waals surface area contributed by atoms with Crippen LogP contribution in [0.4, 0.5) is 22.0 Å². The first kappa shape index (κ1) is 24.3. The molecule has 0 aromatic heterocycles. The monoisotopic (exact) mass is 526 g/mol. The Bertz CT molecular complexity index is 906. The van der Waals surface area contributed by atoms with Crippen molar-refractivity contribution in [3.05, 3.63) is 0 Å². The van der Waals surface area contributed by atoms with Gasteiger partial charge in [-0.3, -0.25) is 4.55 Å². The van der Waals surface area contributed by atoms with Crippen LogP contribution in [-0.4, -0.2) is 63.6 Å². The Labute approximate surface area is 188 Å². The maximum absolute atomic E-state index is 13.7. The summed E-state index contributed by atoms with van der Waals surface area (Å²) in [6, 6.07) is 0. The molecular formula is C17H19F5O7S3. The van der Waals surface area contributed by atoms with Gasteiger partial charge in [-0.25, -0.2) is 9.59 Å². The number of halogens is 5. The van der Waals surface area contributed by atoms with Crippen molar-refractivity contribution in [2.75, 3.05) is 12.4 Å². The molecule has 1 spiro atoms. The fourth-order valence-corrected chi connectivity index (χ4v) is 10.0. The van der Waals surface area contributed by atoms with Gasteiger partial charge in [0.05, 0.1) is 4.08 Å². The highest BCUT2D eigenvalue weighted by Gasteiger charge is 2.67. The molecule has 4 saturated carbocycles. The number of rotatable bonds is 5. The van der Waals surface area contributed by atoms with Crippen molar-refractivity contribution in [3.8, 4) is 0 Å². The molecule has 0 amide bonds. The molecule has 0 radical (unpaired) electrons. The fraction of sp³-hybridized carbons (Fsp3) is 0.882. The van der Waals surface area contributed by atoms with Crippen LogP contribution in [0.15, 0.2) is 0 Å². The predicted octanol–water partition coefficient (Wildman–Crippen LogP) is 3.24. The van der Waals surface area contributed by atoms with Crippen molar-refractivity contribution < 1.29 is 54.0 Å². The van der Waals surface area contributed by atoms with Gasteiger partial charge in [-0.05, 0) is 49.9 Å². The van der Waals surface area contributed by atoms with E-state index < -0.39 is 49.8 Å². The first-order chi connectivity index (χ1) is 14.6. The van der Waals surface area contributed by atoms with Crippen molar-refractivity contribution in [1.82, 2.24) is 0 Å². The molecule has 15 heteroatoms. The number of thioether (sulfide) groups is 2. The van der Waals surface area contributed by atoms with Crippen LogP contribution in [0.25, 0.3) is 0 Å². The Morgan fingerprint density at radius 3 is 2.16 bits per heavy atom. The van der Waals surface area contributed by atoms with Crippen molar-refractivity contribution in [1.29, 1.82) is 0 Å². The molecule has 4 aliphatic carbocycles. The zero-order valence-corrected chi connectivity index (χ0v) is 18.7. The molecule has 5 rings (SSSR count). The second kappa shape index (κ2) is 7.60. The normalized spacial score (nSPS) is 38.8. The molecule has 0 aromatic rings. The highest BCUT2D eigenvalue weighted by Crippen LogP contribution is 2.71.